The summed E-state index contributed by atoms with van der Waals surface area (Å²) in [5, 5.41) is 2.84. The Bertz CT molecular complexity index is 1180. The molecule has 0 atom stereocenters. The number of pyridine rings is 1. The highest BCUT2D eigenvalue weighted by Gasteiger charge is 2.19. The van der Waals surface area contributed by atoms with E-state index in [9.17, 15) is 9.59 Å². The normalized spacial score (nSPS) is 10.8. The maximum atomic E-state index is 12.8. The van der Waals surface area contributed by atoms with Crippen LogP contribution < -0.4 is 5.32 Å². The third-order valence-electron chi connectivity index (χ3n) is 5.20. The summed E-state index contributed by atoms with van der Waals surface area (Å²) in [6.07, 6.45) is 7.64. The molecule has 8 nitrogen and oxygen atoms in total. The Balaban J connectivity index is 1.39. The van der Waals surface area contributed by atoms with Crippen molar-refractivity contribution in [1.82, 2.24) is 19.8 Å². The highest BCUT2D eigenvalue weighted by molar-refractivity contribution is 5.91. The van der Waals surface area contributed by atoms with E-state index in [0.717, 1.165) is 17.7 Å². The fourth-order valence-electron chi connectivity index (χ4n) is 3.54. The molecule has 1 N–H and O–H groups in total. The molecule has 0 aliphatic rings. The van der Waals surface area contributed by atoms with Crippen molar-refractivity contribution in [3.63, 3.8) is 0 Å². The third kappa shape index (κ3) is 5.60. The maximum absolute atomic E-state index is 12.8. The van der Waals surface area contributed by atoms with Crippen LogP contribution in [-0.4, -0.2) is 32.8 Å². The van der Waals surface area contributed by atoms with Gasteiger partial charge in [-0.3, -0.25) is 14.6 Å². The highest BCUT2D eigenvalue weighted by atomic mass is 16.4. The van der Waals surface area contributed by atoms with Crippen molar-refractivity contribution in [3.8, 4) is 0 Å². The van der Waals surface area contributed by atoms with E-state index in [0.29, 0.717) is 37.7 Å². The van der Waals surface area contributed by atoms with Gasteiger partial charge in [0.15, 0.2) is 11.5 Å². The number of rotatable bonds is 10. The first kappa shape index (κ1) is 22.1. The fraction of sp³-hybridized carbons (Fsp3) is 0.240. The lowest BCUT2D eigenvalue weighted by molar-refractivity contribution is 0.0707. The second kappa shape index (κ2) is 10.5. The Morgan fingerprint density at radius 1 is 1.06 bits per heavy atom. The molecule has 0 spiro atoms. The number of aromatic nitrogens is 2. The number of hydrogen-bond donors (Lipinski definition) is 1. The summed E-state index contributed by atoms with van der Waals surface area (Å²) in [5.41, 5.74) is 1.92. The van der Waals surface area contributed by atoms with Crippen molar-refractivity contribution in [3.05, 3.63) is 102 Å². The molecule has 0 fully saturated rings. The van der Waals surface area contributed by atoms with Crippen LogP contribution in [0.4, 0.5) is 0 Å². The Morgan fingerprint density at radius 3 is 2.67 bits per heavy atom. The first-order valence-electron chi connectivity index (χ1n) is 10.9. The molecule has 4 aromatic heterocycles. The van der Waals surface area contributed by atoms with Crippen LogP contribution in [0.1, 0.15) is 51.5 Å². The van der Waals surface area contributed by atoms with Gasteiger partial charge < -0.3 is 23.6 Å². The number of carbonyl (C=O) groups is 2. The minimum atomic E-state index is -0.274. The van der Waals surface area contributed by atoms with Gasteiger partial charge in [0.05, 0.1) is 19.4 Å². The lowest BCUT2D eigenvalue weighted by atomic mass is 10.2. The van der Waals surface area contributed by atoms with Gasteiger partial charge in [-0.05, 0) is 60.5 Å². The summed E-state index contributed by atoms with van der Waals surface area (Å²) < 4.78 is 13.1. The van der Waals surface area contributed by atoms with Crippen molar-refractivity contribution in [2.24, 2.45) is 0 Å². The van der Waals surface area contributed by atoms with E-state index < -0.39 is 0 Å². The number of hydrogen-bond acceptors (Lipinski definition) is 5. The van der Waals surface area contributed by atoms with E-state index in [4.69, 9.17) is 8.83 Å². The molecule has 0 bridgehead atoms. The predicted molar refractivity (Wildman–Crippen MR) is 121 cm³/mol. The number of nitrogens with zero attached hydrogens (tertiary/aromatic N) is 3. The monoisotopic (exact) mass is 446 g/mol. The van der Waals surface area contributed by atoms with Crippen LogP contribution in [0, 0.1) is 0 Å². The van der Waals surface area contributed by atoms with Crippen molar-refractivity contribution in [1.29, 1.82) is 0 Å². The molecule has 33 heavy (non-hydrogen) atoms. The Kier molecular flexibility index (Phi) is 7.04. The minimum absolute atomic E-state index is 0.138. The smallest absolute Gasteiger partial charge is 0.289 e. The zero-order valence-corrected chi connectivity index (χ0v) is 18.4. The first-order valence-corrected chi connectivity index (χ1v) is 10.9. The molecule has 0 aromatic carbocycles. The van der Waals surface area contributed by atoms with Gasteiger partial charge in [-0.25, -0.2) is 0 Å². The molecule has 4 heterocycles. The molecule has 0 aliphatic carbocycles. The van der Waals surface area contributed by atoms with Crippen molar-refractivity contribution in [2.75, 3.05) is 6.54 Å². The summed E-state index contributed by atoms with van der Waals surface area (Å²) in [7, 11) is 0. The first-order chi connectivity index (χ1) is 16.1. The van der Waals surface area contributed by atoms with Gasteiger partial charge in [-0.2, -0.15) is 0 Å². The van der Waals surface area contributed by atoms with Gasteiger partial charge >= 0.3 is 0 Å². The van der Waals surface area contributed by atoms with Crippen LogP contribution in [0.3, 0.4) is 0 Å². The topological polar surface area (TPSA) is 93.5 Å². The largest absolute Gasteiger partial charge is 0.459 e. The zero-order chi connectivity index (χ0) is 23.0. The SMILES string of the molecule is CCCN(Cc1cccn1Cc1ccc(C(=O)NCc2ccncc2)o1)C(=O)c1ccco1. The zero-order valence-electron chi connectivity index (χ0n) is 18.4. The van der Waals surface area contributed by atoms with Gasteiger partial charge in [0.25, 0.3) is 11.8 Å². The van der Waals surface area contributed by atoms with Crippen LogP contribution in [0.25, 0.3) is 0 Å². The molecular formula is C25H26N4O4. The van der Waals surface area contributed by atoms with E-state index >= 15 is 0 Å². The maximum Gasteiger partial charge on any atom is 0.289 e. The molecule has 0 saturated heterocycles. The molecule has 0 unspecified atom stereocenters. The molecule has 0 radical (unpaired) electrons. The third-order valence-corrected chi connectivity index (χ3v) is 5.20. The Hall–Kier alpha value is -4.07. The number of amides is 2. The van der Waals surface area contributed by atoms with Gasteiger partial charge in [-0.15, -0.1) is 0 Å². The standard InChI is InChI=1S/C25H26N4O4/c1-2-13-29(25(31)23-6-4-15-32-23)17-20-5-3-14-28(20)18-21-7-8-22(33-21)24(30)27-16-19-9-11-26-12-10-19/h3-12,14-15H,2,13,16-18H2,1H3,(H,27,30). The van der Waals surface area contributed by atoms with Crippen LogP contribution in [0.5, 0.6) is 0 Å². The molecular weight excluding hydrogens is 420 g/mol. The van der Waals surface area contributed by atoms with Crippen molar-refractivity contribution >= 4 is 11.8 Å². The predicted octanol–water partition coefficient (Wildman–Crippen LogP) is 4.10. The molecule has 170 valence electrons. The second-order valence-electron chi connectivity index (χ2n) is 7.64. The number of nitrogens with one attached hydrogen (secondary N) is 1. The van der Waals surface area contributed by atoms with E-state index in [1.165, 1.54) is 6.26 Å². The summed E-state index contributed by atoms with van der Waals surface area (Å²) in [5.74, 6) is 0.828. The number of carbonyl (C=O) groups excluding carboxylic acids is 2. The molecule has 8 heteroatoms. The summed E-state index contributed by atoms with van der Waals surface area (Å²) in [4.78, 5) is 31.0. The molecule has 4 aromatic rings. The average molecular weight is 447 g/mol. The molecule has 4 rings (SSSR count). The van der Waals surface area contributed by atoms with Crippen molar-refractivity contribution < 1.29 is 18.4 Å². The Morgan fingerprint density at radius 2 is 1.91 bits per heavy atom. The van der Waals surface area contributed by atoms with Gasteiger partial charge in [-0.1, -0.05) is 6.92 Å². The number of furan rings is 2. The second-order valence-corrected chi connectivity index (χ2v) is 7.64. The lowest BCUT2D eigenvalue weighted by Gasteiger charge is -2.22. The van der Waals surface area contributed by atoms with E-state index in [1.54, 1.807) is 41.6 Å². The van der Waals surface area contributed by atoms with Gasteiger partial charge in [0.1, 0.15) is 5.76 Å². The molecule has 0 aliphatic heterocycles. The summed E-state index contributed by atoms with van der Waals surface area (Å²) >= 11 is 0. The molecule has 0 saturated carbocycles. The van der Waals surface area contributed by atoms with Crippen LogP contribution in [0.2, 0.25) is 0 Å². The van der Waals surface area contributed by atoms with E-state index in [-0.39, 0.29) is 17.6 Å². The lowest BCUT2D eigenvalue weighted by Crippen LogP contribution is -2.31. The minimum Gasteiger partial charge on any atom is -0.459 e. The van der Waals surface area contributed by atoms with Gasteiger partial charge in [0.2, 0.25) is 0 Å². The quantitative estimate of drug-likeness (QED) is 0.396. The Labute approximate surface area is 191 Å². The van der Waals surface area contributed by atoms with Crippen LogP contribution in [-0.2, 0) is 19.6 Å². The summed E-state index contributed by atoms with van der Waals surface area (Å²) in [6, 6.07) is 14.5. The highest BCUT2D eigenvalue weighted by Crippen LogP contribution is 2.16. The van der Waals surface area contributed by atoms with Crippen LogP contribution >= 0.6 is 0 Å². The average Bonchev–Trinajstić information content (AvgIpc) is 3.61. The fourth-order valence-corrected chi connectivity index (χ4v) is 3.54. The van der Waals surface area contributed by atoms with E-state index in [1.807, 2.05) is 42.0 Å². The van der Waals surface area contributed by atoms with Gasteiger partial charge in [0, 0.05) is 37.4 Å². The van der Waals surface area contributed by atoms with E-state index in [2.05, 4.69) is 10.3 Å². The van der Waals surface area contributed by atoms with Crippen molar-refractivity contribution in [2.45, 2.75) is 33.0 Å². The van der Waals surface area contributed by atoms with Crippen LogP contribution in [0.15, 0.2) is 82.2 Å². The summed E-state index contributed by atoms with van der Waals surface area (Å²) in [6.45, 7) is 3.95. The molecule has 2 amide bonds.